The Morgan fingerprint density at radius 3 is 2.11 bits per heavy atom. The highest BCUT2D eigenvalue weighted by atomic mass is 16.4. The number of hydrogen-bond acceptors (Lipinski definition) is 3. The van der Waals surface area contributed by atoms with Gasteiger partial charge in [-0.05, 0) is 19.3 Å². The first-order valence-electron chi connectivity index (χ1n) is 5.80. The van der Waals surface area contributed by atoms with Crippen LogP contribution in [0.4, 0.5) is 4.79 Å². The van der Waals surface area contributed by atoms with Crippen molar-refractivity contribution >= 4 is 17.9 Å². The molecule has 0 aliphatic carbocycles. The molecule has 0 bridgehead atoms. The van der Waals surface area contributed by atoms with E-state index >= 15 is 0 Å². The number of carbonyl (C=O) groups excluding carboxylic acids is 2. The first-order chi connectivity index (χ1) is 8.22. The molecular weight excluding hydrogens is 238 g/mol. The summed E-state index contributed by atoms with van der Waals surface area (Å²) in [6.45, 7) is 5.86. The number of rotatable bonds is 7. The Labute approximate surface area is 106 Å². The molecule has 0 fully saturated rings. The molecule has 5 N–H and O–H groups in total. The van der Waals surface area contributed by atoms with E-state index in [-0.39, 0.29) is 6.04 Å². The van der Waals surface area contributed by atoms with E-state index in [2.05, 4.69) is 10.6 Å². The van der Waals surface area contributed by atoms with Crippen LogP contribution < -0.4 is 16.4 Å². The molecule has 0 aromatic heterocycles. The predicted molar refractivity (Wildman–Crippen MR) is 65.8 cm³/mol. The molecule has 2 unspecified atom stereocenters. The Hall–Kier alpha value is -1.79. The zero-order chi connectivity index (χ0) is 14.3. The fourth-order valence-corrected chi connectivity index (χ4v) is 1.59. The zero-order valence-corrected chi connectivity index (χ0v) is 10.9. The summed E-state index contributed by atoms with van der Waals surface area (Å²) >= 11 is 0. The van der Waals surface area contributed by atoms with E-state index in [0.29, 0.717) is 5.92 Å². The van der Waals surface area contributed by atoms with Crippen molar-refractivity contribution in [3.05, 3.63) is 0 Å². The third-order valence-corrected chi connectivity index (χ3v) is 2.21. The normalized spacial score (nSPS) is 13.8. The maximum absolute atomic E-state index is 11.5. The van der Waals surface area contributed by atoms with E-state index in [1.54, 1.807) is 0 Å². The van der Waals surface area contributed by atoms with Crippen molar-refractivity contribution in [3.8, 4) is 0 Å². The minimum Gasteiger partial charge on any atom is -0.480 e. The average molecular weight is 259 g/mol. The molecule has 0 saturated heterocycles. The Bertz CT molecular complexity index is 317. The highest BCUT2D eigenvalue weighted by molar-refractivity contribution is 5.87. The van der Waals surface area contributed by atoms with Crippen LogP contribution in [0.1, 0.15) is 33.6 Å². The molecule has 7 heteroatoms. The molecule has 0 aliphatic rings. The minimum atomic E-state index is -1.30. The Morgan fingerprint density at radius 2 is 1.72 bits per heavy atom. The molecule has 0 rings (SSSR count). The number of nitrogens with two attached hydrogens (primary N) is 1. The Balaban J connectivity index is 4.25. The Kier molecular flexibility index (Phi) is 6.77. The lowest BCUT2D eigenvalue weighted by atomic mass is 10.1. The second-order valence-corrected chi connectivity index (χ2v) is 4.71. The molecule has 0 aliphatic heterocycles. The van der Waals surface area contributed by atoms with Crippen LogP contribution in [0.15, 0.2) is 0 Å². The minimum absolute atomic E-state index is 0.0759. The van der Waals surface area contributed by atoms with Gasteiger partial charge in [0.05, 0.1) is 6.42 Å². The van der Waals surface area contributed by atoms with Crippen LogP contribution in [0, 0.1) is 5.92 Å². The van der Waals surface area contributed by atoms with Crippen molar-refractivity contribution in [3.63, 3.8) is 0 Å². The molecule has 2 atom stereocenters. The topological polar surface area (TPSA) is 122 Å². The van der Waals surface area contributed by atoms with Crippen LogP contribution >= 0.6 is 0 Å². The number of amides is 3. The van der Waals surface area contributed by atoms with Crippen molar-refractivity contribution < 1.29 is 19.5 Å². The number of carboxylic acids is 1. The van der Waals surface area contributed by atoms with Crippen molar-refractivity contribution in [2.45, 2.75) is 45.7 Å². The standard InChI is InChI=1S/C11H21N3O4/c1-6(2)4-7(3)13-11(18)14-8(10(16)17)5-9(12)15/h6-8H,4-5H2,1-3H3,(H2,12,15)(H,16,17)(H2,13,14,18). The maximum atomic E-state index is 11.5. The summed E-state index contributed by atoms with van der Waals surface area (Å²) in [4.78, 5) is 32.9. The first-order valence-corrected chi connectivity index (χ1v) is 5.80. The zero-order valence-electron chi connectivity index (χ0n) is 10.9. The summed E-state index contributed by atoms with van der Waals surface area (Å²) in [7, 11) is 0. The lowest BCUT2D eigenvalue weighted by Crippen LogP contribution is -2.49. The largest absolute Gasteiger partial charge is 0.480 e. The summed E-state index contributed by atoms with van der Waals surface area (Å²) in [5.74, 6) is -1.65. The highest BCUT2D eigenvalue weighted by Crippen LogP contribution is 2.03. The van der Waals surface area contributed by atoms with E-state index in [1.165, 1.54) is 0 Å². The van der Waals surface area contributed by atoms with Crippen molar-refractivity contribution in [2.75, 3.05) is 0 Å². The molecule has 18 heavy (non-hydrogen) atoms. The fourth-order valence-electron chi connectivity index (χ4n) is 1.59. The van der Waals surface area contributed by atoms with Crippen molar-refractivity contribution in [1.29, 1.82) is 0 Å². The van der Waals surface area contributed by atoms with Crippen LogP contribution in [0.2, 0.25) is 0 Å². The molecule has 0 spiro atoms. The summed E-state index contributed by atoms with van der Waals surface area (Å²) in [6, 6.07) is -1.99. The molecule has 3 amide bonds. The molecule has 0 radical (unpaired) electrons. The smallest absolute Gasteiger partial charge is 0.326 e. The summed E-state index contributed by atoms with van der Waals surface area (Å²) < 4.78 is 0. The number of urea groups is 1. The summed E-state index contributed by atoms with van der Waals surface area (Å²) in [5, 5.41) is 13.6. The van der Waals surface area contributed by atoms with Crippen LogP contribution in [0.25, 0.3) is 0 Å². The first kappa shape index (κ1) is 16.2. The van der Waals surface area contributed by atoms with Gasteiger partial charge in [-0.1, -0.05) is 13.8 Å². The number of carboxylic acid groups (broad SMARTS) is 1. The quantitative estimate of drug-likeness (QED) is 0.516. The van der Waals surface area contributed by atoms with E-state index in [4.69, 9.17) is 10.8 Å². The molecular formula is C11H21N3O4. The van der Waals surface area contributed by atoms with E-state index in [0.717, 1.165) is 6.42 Å². The number of nitrogens with one attached hydrogen (secondary N) is 2. The predicted octanol–water partition coefficient (Wildman–Crippen LogP) is 0.0488. The van der Waals surface area contributed by atoms with Gasteiger partial charge in [0.15, 0.2) is 0 Å². The molecule has 0 saturated carbocycles. The van der Waals surface area contributed by atoms with Crippen LogP contribution in [0.3, 0.4) is 0 Å². The summed E-state index contributed by atoms with van der Waals surface area (Å²) in [5.41, 5.74) is 4.90. The van der Waals surface area contributed by atoms with Gasteiger partial charge >= 0.3 is 12.0 Å². The maximum Gasteiger partial charge on any atom is 0.326 e. The van der Waals surface area contributed by atoms with E-state index in [1.807, 2.05) is 20.8 Å². The fraction of sp³-hybridized carbons (Fsp3) is 0.727. The lowest BCUT2D eigenvalue weighted by molar-refractivity contribution is -0.140. The van der Waals surface area contributed by atoms with Gasteiger partial charge in [0.1, 0.15) is 6.04 Å². The molecule has 0 heterocycles. The number of primary amides is 1. The number of aliphatic carboxylic acids is 1. The number of hydrogen-bond donors (Lipinski definition) is 4. The van der Waals surface area contributed by atoms with E-state index < -0.39 is 30.4 Å². The Morgan fingerprint density at radius 1 is 1.17 bits per heavy atom. The molecule has 0 aromatic rings. The second-order valence-electron chi connectivity index (χ2n) is 4.71. The average Bonchev–Trinajstić information content (AvgIpc) is 2.13. The van der Waals surface area contributed by atoms with Crippen LogP contribution in [-0.4, -0.2) is 35.1 Å². The SMILES string of the molecule is CC(C)CC(C)NC(=O)NC(CC(N)=O)C(=O)O. The number of carbonyl (C=O) groups is 3. The van der Waals surface area contributed by atoms with Gasteiger partial charge in [-0.25, -0.2) is 9.59 Å². The van der Waals surface area contributed by atoms with E-state index in [9.17, 15) is 14.4 Å². The second kappa shape index (κ2) is 7.52. The van der Waals surface area contributed by atoms with Crippen molar-refractivity contribution in [1.82, 2.24) is 10.6 Å². The lowest BCUT2D eigenvalue weighted by Gasteiger charge is -2.18. The van der Waals surface area contributed by atoms with Gasteiger partial charge in [0.25, 0.3) is 0 Å². The molecule has 104 valence electrons. The summed E-state index contributed by atoms with van der Waals surface area (Å²) in [6.07, 6.45) is 0.349. The van der Waals surface area contributed by atoms with Gasteiger partial charge in [-0.3, -0.25) is 4.79 Å². The third-order valence-electron chi connectivity index (χ3n) is 2.21. The molecule has 7 nitrogen and oxygen atoms in total. The monoisotopic (exact) mass is 259 g/mol. The van der Waals surface area contributed by atoms with Gasteiger partial charge in [0.2, 0.25) is 5.91 Å². The van der Waals surface area contributed by atoms with Gasteiger partial charge < -0.3 is 21.5 Å². The van der Waals surface area contributed by atoms with Gasteiger partial charge in [-0.2, -0.15) is 0 Å². The van der Waals surface area contributed by atoms with Crippen molar-refractivity contribution in [2.24, 2.45) is 11.7 Å². The molecule has 0 aromatic carbocycles. The van der Waals surface area contributed by atoms with Gasteiger partial charge in [-0.15, -0.1) is 0 Å². The highest BCUT2D eigenvalue weighted by Gasteiger charge is 2.22. The third kappa shape index (κ3) is 7.48. The van der Waals surface area contributed by atoms with Gasteiger partial charge in [0, 0.05) is 6.04 Å². The van der Waals surface area contributed by atoms with Crippen LogP contribution in [-0.2, 0) is 9.59 Å². The van der Waals surface area contributed by atoms with Crippen LogP contribution in [0.5, 0.6) is 0 Å².